The molecule has 2 aliphatic rings. The Morgan fingerprint density at radius 2 is 2.00 bits per heavy atom. The SMILES string of the molecule is C=C(OC1CC2c3cc(OC)c(C)cc3CCN2CC1CC(C)C)C(N)C(C)C. The van der Waals surface area contributed by atoms with Crippen LogP contribution < -0.4 is 10.5 Å². The third-order valence-corrected chi connectivity index (χ3v) is 6.74. The number of ether oxygens (including phenoxy) is 2. The normalized spacial score (nSPS) is 25.5. The molecule has 4 nitrogen and oxygen atoms in total. The maximum absolute atomic E-state index is 6.49. The zero-order valence-corrected chi connectivity index (χ0v) is 19.2. The molecule has 2 aliphatic heterocycles. The molecule has 0 saturated carbocycles. The van der Waals surface area contributed by atoms with Crippen molar-refractivity contribution < 1.29 is 9.47 Å². The van der Waals surface area contributed by atoms with E-state index in [9.17, 15) is 0 Å². The van der Waals surface area contributed by atoms with E-state index in [1.54, 1.807) is 7.11 Å². The van der Waals surface area contributed by atoms with Gasteiger partial charge in [-0.3, -0.25) is 4.90 Å². The fraction of sp³-hybridized carbons (Fsp3) is 0.680. The lowest BCUT2D eigenvalue weighted by molar-refractivity contribution is -0.0415. The topological polar surface area (TPSA) is 47.7 Å². The lowest BCUT2D eigenvalue weighted by Gasteiger charge is -2.48. The van der Waals surface area contributed by atoms with Crippen LogP contribution >= 0.6 is 0 Å². The second-order valence-corrected chi connectivity index (χ2v) is 9.80. The number of fused-ring (bicyclic) bond motifs is 3. The minimum atomic E-state index is -0.117. The molecule has 29 heavy (non-hydrogen) atoms. The van der Waals surface area contributed by atoms with E-state index in [-0.39, 0.29) is 12.1 Å². The van der Waals surface area contributed by atoms with Crippen molar-refractivity contribution in [2.75, 3.05) is 20.2 Å². The van der Waals surface area contributed by atoms with Crippen LogP contribution in [0.4, 0.5) is 0 Å². The molecular formula is C25H40N2O2. The summed E-state index contributed by atoms with van der Waals surface area (Å²) in [6, 6.07) is 4.84. The Hall–Kier alpha value is -1.52. The van der Waals surface area contributed by atoms with Crippen LogP contribution in [0.5, 0.6) is 5.75 Å². The zero-order chi connectivity index (χ0) is 21.3. The highest BCUT2D eigenvalue weighted by molar-refractivity contribution is 5.45. The summed E-state index contributed by atoms with van der Waals surface area (Å²) in [6.45, 7) is 17.4. The predicted octanol–water partition coefficient (Wildman–Crippen LogP) is 4.85. The van der Waals surface area contributed by atoms with Gasteiger partial charge in [-0.25, -0.2) is 0 Å². The fourth-order valence-electron chi connectivity index (χ4n) is 5.07. The van der Waals surface area contributed by atoms with Crippen molar-refractivity contribution in [1.82, 2.24) is 4.90 Å². The number of benzene rings is 1. The molecule has 0 radical (unpaired) electrons. The Kier molecular flexibility index (Phi) is 6.95. The quantitative estimate of drug-likeness (QED) is 0.665. The van der Waals surface area contributed by atoms with Gasteiger partial charge in [-0.15, -0.1) is 0 Å². The fourth-order valence-corrected chi connectivity index (χ4v) is 5.07. The van der Waals surface area contributed by atoms with Gasteiger partial charge in [0.2, 0.25) is 0 Å². The molecule has 1 saturated heterocycles. The van der Waals surface area contributed by atoms with Crippen molar-refractivity contribution >= 4 is 0 Å². The Labute approximate surface area is 177 Å². The minimum Gasteiger partial charge on any atom is -0.496 e. The molecule has 2 N–H and O–H groups in total. The Balaban J connectivity index is 1.87. The monoisotopic (exact) mass is 400 g/mol. The highest BCUT2D eigenvalue weighted by atomic mass is 16.5. The third-order valence-electron chi connectivity index (χ3n) is 6.74. The molecule has 0 aromatic heterocycles. The molecule has 1 fully saturated rings. The second kappa shape index (κ2) is 9.09. The van der Waals surface area contributed by atoms with Crippen LogP contribution in [0.1, 0.15) is 63.3 Å². The van der Waals surface area contributed by atoms with Crippen LogP contribution in [0, 0.1) is 24.7 Å². The van der Waals surface area contributed by atoms with E-state index in [0.717, 1.165) is 37.4 Å². The van der Waals surface area contributed by atoms with Gasteiger partial charge in [0.15, 0.2) is 0 Å². The number of aryl methyl sites for hydroxylation is 1. The lowest BCUT2D eigenvalue weighted by Crippen LogP contribution is -2.49. The maximum atomic E-state index is 6.49. The van der Waals surface area contributed by atoms with Crippen LogP contribution in [0.15, 0.2) is 24.5 Å². The van der Waals surface area contributed by atoms with Crippen LogP contribution in [-0.4, -0.2) is 37.2 Å². The Morgan fingerprint density at radius 3 is 2.62 bits per heavy atom. The molecule has 1 aromatic rings. The number of piperidine rings is 1. The van der Waals surface area contributed by atoms with Gasteiger partial charge < -0.3 is 15.2 Å². The summed E-state index contributed by atoms with van der Waals surface area (Å²) in [5.41, 5.74) is 10.4. The molecule has 0 spiro atoms. The summed E-state index contributed by atoms with van der Waals surface area (Å²) in [4.78, 5) is 2.66. The second-order valence-electron chi connectivity index (χ2n) is 9.80. The van der Waals surface area contributed by atoms with Gasteiger partial charge in [0, 0.05) is 31.5 Å². The Morgan fingerprint density at radius 1 is 1.28 bits per heavy atom. The van der Waals surface area contributed by atoms with Crippen LogP contribution in [0.2, 0.25) is 0 Å². The van der Waals surface area contributed by atoms with E-state index >= 15 is 0 Å². The molecular weight excluding hydrogens is 360 g/mol. The number of nitrogens with zero attached hydrogens (tertiary/aromatic N) is 1. The molecule has 4 unspecified atom stereocenters. The summed E-state index contributed by atoms with van der Waals surface area (Å²) in [5.74, 6) is 3.21. The average molecular weight is 401 g/mol. The number of hydrogen-bond acceptors (Lipinski definition) is 4. The number of rotatable bonds is 7. The summed E-state index contributed by atoms with van der Waals surface area (Å²) < 4.78 is 12.1. The highest BCUT2D eigenvalue weighted by Gasteiger charge is 2.40. The first-order chi connectivity index (χ1) is 13.7. The van der Waals surface area contributed by atoms with Crippen LogP contribution in [-0.2, 0) is 11.2 Å². The van der Waals surface area contributed by atoms with Gasteiger partial charge in [-0.05, 0) is 54.4 Å². The molecule has 0 amide bonds. The highest BCUT2D eigenvalue weighted by Crippen LogP contribution is 2.43. The van der Waals surface area contributed by atoms with Crippen molar-refractivity contribution in [3.63, 3.8) is 0 Å². The van der Waals surface area contributed by atoms with E-state index < -0.39 is 0 Å². The van der Waals surface area contributed by atoms with Gasteiger partial charge in [0.25, 0.3) is 0 Å². The van der Waals surface area contributed by atoms with E-state index in [1.807, 2.05) is 0 Å². The lowest BCUT2D eigenvalue weighted by atomic mass is 9.78. The van der Waals surface area contributed by atoms with Crippen LogP contribution in [0.25, 0.3) is 0 Å². The molecule has 4 heteroatoms. The minimum absolute atomic E-state index is 0.117. The first-order valence-corrected chi connectivity index (χ1v) is 11.2. The molecule has 2 heterocycles. The van der Waals surface area contributed by atoms with Gasteiger partial charge in [0.05, 0.1) is 13.2 Å². The number of hydrogen-bond donors (Lipinski definition) is 1. The van der Waals surface area contributed by atoms with Crippen molar-refractivity contribution in [1.29, 1.82) is 0 Å². The Bertz CT molecular complexity index is 728. The van der Waals surface area contributed by atoms with Crippen molar-refractivity contribution in [2.24, 2.45) is 23.5 Å². The van der Waals surface area contributed by atoms with Crippen molar-refractivity contribution in [3.8, 4) is 5.75 Å². The number of nitrogens with two attached hydrogens (primary N) is 1. The first kappa shape index (κ1) is 22.2. The average Bonchev–Trinajstić information content (AvgIpc) is 2.66. The van der Waals surface area contributed by atoms with E-state index in [0.29, 0.717) is 23.8 Å². The molecule has 0 aliphatic carbocycles. The third kappa shape index (κ3) is 4.80. The first-order valence-electron chi connectivity index (χ1n) is 11.2. The molecule has 3 rings (SSSR count). The zero-order valence-electron chi connectivity index (χ0n) is 19.2. The van der Waals surface area contributed by atoms with Crippen molar-refractivity contribution in [2.45, 2.75) is 72.1 Å². The summed E-state index contributed by atoms with van der Waals surface area (Å²) >= 11 is 0. The van der Waals surface area contributed by atoms with Gasteiger partial charge in [-0.1, -0.05) is 40.3 Å². The predicted molar refractivity (Wildman–Crippen MR) is 120 cm³/mol. The van der Waals surface area contributed by atoms with Gasteiger partial charge >= 0.3 is 0 Å². The van der Waals surface area contributed by atoms with Gasteiger partial charge in [0.1, 0.15) is 17.6 Å². The van der Waals surface area contributed by atoms with Crippen LogP contribution in [0.3, 0.4) is 0 Å². The van der Waals surface area contributed by atoms with E-state index in [2.05, 4.69) is 58.2 Å². The molecule has 162 valence electrons. The molecule has 1 aromatic carbocycles. The summed E-state index contributed by atoms with van der Waals surface area (Å²) in [7, 11) is 1.76. The molecule has 4 atom stereocenters. The number of methoxy groups -OCH3 is 1. The van der Waals surface area contributed by atoms with Gasteiger partial charge in [-0.2, -0.15) is 0 Å². The summed E-state index contributed by atoms with van der Waals surface area (Å²) in [5, 5.41) is 0. The largest absolute Gasteiger partial charge is 0.496 e. The maximum Gasteiger partial charge on any atom is 0.122 e. The summed E-state index contributed by atoms with van der Waals surface area (Å²) in [6.07, 6.45) is 3.43. The standard InChI is InChI=1S/C25H40N2O2/c1-15(2)10-20-14-27-9-8-19-11-17(5)23(28-7)12-21(19)22(27)13-24(20)29-18(6)25(26)16(3)4/h11-12,15-16,20,22,24-25H,6,8-10,13-14,26H2,1-5,7H3. The molecule has 0 bridgehead atoms. The van der Waals surface area contributed by atoms with E-state index in [1.165, 1.54) is 23.1 Å². The van der Waals surface area contributed by atoms with E-state index in [4.69, 9.17) is 15.2 Å². The van der Waals surface area contributed by atoms with Crippen molar-refractivity contribution in [3.05, 3.63) is 41.2 Å². The smallest absolute Gasteiger partial charge is 0.122 e.